The first-order valence-electron chi connectivity index (χ1n) is 10.9. The molecule has 9 nitrogen and oxygen atoms in total. The lowest BCUT2D eigenvalue weighted by atomic mass is 10.1. The van der Waals surface area contributed by atoms with Crippen molar-refractivity contribution in [3.05, 3.63) is 65.2 Å². The summed E-state index contributed by atoms with van der Waals surface area (Å²) in [6, 6.07) is 10.2. The highest BCUT2D eigenvalue weighted by Gasteiger charge is 2.24. The van der Waals surface area contributed by atoms with Crippen molar-refractivity contribution >= 4 is 23.3 Å². The van der Waals surface area contributed by atoms with Crippen LogP contribution in [0.3, 0.4) is 0 Å². The van der Waals surface area contributed by atoms with Crippen LogP contribution in [0.15, 0.2) is 42.5 Å². The highest BCUT2D eigenvalue weighted by atomic mass is 32.1. The molecule has 2 aliphatic rings. The highest BCUT2D eigenvalue weighted by Crippen LogP contribution is 2.44. The first kappa shape index (κ1) is 23.9. The van der Waals surface area contributed by atoms with Gasteiger partial charge >= 0.3 is 5.97 Å². The Labute approximate surface area is 207 Å². The van der Waals surface area contributed by atoms with Gasteiger partial charge in [0.15, 0.2) is 11.6 Å². The molecular formula is C24H21F2N5O4S. The molecule has 186 valence electrons. The van der Waals surface area contributed by atoms with Gasteiger partial charge in [0.05, 0.1) is 36.3 Å². The van der Waals surface area contributed by atoms with Crippen molar-refractivity contribution < 1.29 is 28.2 Å². The molecule has 0 atom stereocenters. The normalized spacial score (nSPS) is 14.4. The van der Waals surface area contributed by atoms with Gasteiger partial charge in [0.1, 0.15) is 17.3 Å². The maximum atomic E-state index is 14.4. The van der Waals surface area contributed by atoms with Gasteiger partial charge in [-0.15, -0.1) is 16.4 Å². The van der Waals surface area contributed by atoms with E-state index in [1.807, 2.05) is 6.07 Å². The summed E-state index contributed by atoms with van der Waals surface area (Å²) < 4.78 is 39.5. The quantitative estimate of drug-likeness (QED) is 0.378. The lowest BCUT2D eigenvalue weighted by molar-refractivity contribution is 0.0121. The minimum absolute atomic E-state index is 0.0269. The van der Waals surface area contributed by atoms with E-state index in [0.29, 0.717) is 35.5 Å². The van der Waals surface area contributed by atoms with Crippen molar-refractivity contribution in [2.75, 3.05) is 25.6 Å². The van der Waals surface area contributed by atoms with E-state index < -0.39 is 17.6 Å². The van der Waals surface area contributed by atoms with E-state index in [1.165, 1.54) is 34.2 Å². The summed E-state index contributed by atoms with van der Waals surface area (Å²) in [6.45, 7) is 1.90. The predicted molar refractivity (Wildman–Crippen MR) is 129 cm³/mol. The molecule has 0 aliphatic carbocycles. The average Bonchev–Trinajstić information content (AvgIpc) is 3.37. The zero-order valence-electron chi connectivity index (χ0n) is 18.8. The Hall–Kier alpha value is -3.87. The second-order valence-electron chi connectivity index (χ2n) is 8.18. The van der Waals surface area contributed by atoms with Crippen LogP contribution >= 0.6 is 11.3 Å². The molecule has 0 unspecified atom stereocenters. The maximum Gasteiger partial charge on any atom is 0.335 e. The maximum absolute atomic E-state index is 14.4. The van der Waals surface area contributed by atoms with Crippen molar-refractivity contribution in [3.8, 4) is 32.6 Å². The van der Waals surface area contributed by atoms with Crippen LogP contribution in [0.25, 0.3) is 26.8 Å². The van der Waals surface area contributed by atoms with Gasteiger partial charge in [-0.3, -0.25) is 0 Å². The largest absolute Gasteiger partial charge is 0.493 e. The van der Waals surface area contributed by atoms with Crippen LogP contribution in [0, 0.1) is 11.6 Å². The van der Waals surface area contributed by atoms with Crippen molar-refractivity contribution in [3.63, 3.8) is 0 Å². The van der Waals surface area contributed by atoms with Crippen LogP contribution in [-0.4, -0.2) is 51.7 Å². The minimum Gasteiger partial charge on any atom is -0.493 e. The van der Waals surface area contributed by atoms with Crippen molar-refractivity contribution in [1.82, 2.24) is 14.8 Å². The van der Waals surface area contributed by atoms with Gasteiger partial charge in [-0.25, -0.2) is 18.3 Å². The first-order valence-corrected chi connectivity index (χ1v) is 11.8. The Morgan fingerprint density at radius 2 is 1.94 bits per heavy atom. The number of aromatic carboxylic acids is 1. The zero-order chi connectivity index (χ0) is 25.4. The SMILES string of the molecule is NC1COC1.Nc1nc(-c2cc3c(s2)-c2ccc(C(=O)O)cc2OCC3)n(-c2ccc(F)cc2F)n1. The van der Waals surface area contributed by atoms with E-state index in [2.05, 4.69) is 10.1 Å². The molecule has 4 aromatic rings. The van der Waals surface area contributed by atoms with Crippen LogP contribution in [0.4, 0.5) is 14.7 Å². The van der Waals surface area contributed by atoms with Gasteiger partial charge in [0, 0.05) is 22.9 Å². The summed E-state index contributed by atoms with van der Waals surface area (Å²) in [6.07, 6.45) is 0.595. The fourth-order valence-corrected chi connectivity index (χ4v) is 4.96. The summed E-state index contributed by atoms with van der Waals surface area (Å²) in [7, 11) is 0. The van der Waals surface area contributed by atoms with E-state index in [4.69, 9.17) is 20.9 Å². The Bertz CT molecular complexity index is 1450. The Morgan fingerprint density at radius 1 is 1.17 bits per heavy atom. The lowest BCUT2D eigenvalue weighted by Gasteiger charge is -2.20. The van der Waals surface area contributed by atoms with E-state index in [0.717, 1.165) is 41.4 Å². The molecule has 0 bridgehead atoms. The Morgan fingerprint density at radius 3 is 2.61 bits per heavy atom. The van der Waals surface area contributed by atoms with E-state index in [-0.39, 0.29) is 17.2 Å². The lowest BCUT2D eigenvalue weighted by Crippen LogP contribution is -2.41. The summed E-state index contributed by atoms with van der Waals surface area (Å²) in [5.74, 6) is -1.76. The molecule has 5 N–H and O–H groups in total. The number of ether oxygens (including phenoxy) is 2. The number of carboxylic acids is 1. The number of carboxylic acid groups (broad SMARTS) is 1. The number of aromatic nitrogens is 3. The molecule has 2 aromatic heterocycles. The molecule has 0 radical (unpaired) electrons. The summed E-state index contributed by atoms with van der Waals surface area (Å²) in [5, 5.41) is 13.3. The predicted octanol–water partition coefficient (Wildman–Crippen LogP) is 3.50. The van der Waals surface area contributed by atoms with Crippen LogP contribution in [0.5, 0.6) is 5.75 Å². The molecule has 4 heterocycles. The third-order valence-electron chi connectivity index (χ3n) is 5.56. The molecule has 6 rings (SSSR count). The fraction of sp³-hybridized carbons (Fsp3) is 0.208. The monoisotopic (exact) mass is 513 g/mol. The van der Waals surface area contributed by atoms with E-state index >= 15 is 0 Å². The van der Waals surface area contributed by atoms with Gasteiger partial charge in [0.25, 0.3) is 0 Å². The van der Waals surface area contributed by atoms with Crippen LogP contribution in [0.1, 0.15) is 15.9 Å². The van der Waals surface area contributed by atoms with Gasteiger partial charge in [0.2, 0.25) is 5.95 Å². The highest BCUT2D eigenvalue weighted by molar-refractivity contribution is 7.19. The fourth-order valence-electron chi connectivity index (χ4n) is 3.75. The number of benzene rings is 2. The van der Waals surface area contributed by atoms with Gasteiger partial charge in [-0.2, -0.15) is 4.98 Å². The molecule has 0 spiro atoms. The van der Waals surface area contributed by atoms with Gasteiger partial charge in [-0.05, 0) is 42.0 Å². The number of carbonyl (C=O) groups is 1. The first-order chi connectivity index (χ1) is 17.3. The van der Waals surface area contributed by atoms with Gasteiger partial charge in [-0.1, -0.05) is 0 Å². The molecule has 1 saturated heterocycles. The number of rotatable bonds is 3. The number of thiophene rings is 1. The van der Waals surface area contributed by atoms with Crippen LogP contribution in [0.2, 0.25) is 0 Å². The Kier molecular flexibility index (Phi) is 6.39. The second-order valence-corrected chi connectivity index (χ2v) is 9.23. The molecule has 2 aliphatic heterocycles. The van der Waals surface area contributed by atoms with Crippen molar-refractivity contribution in [2.24, 2.45) is 5.73 Å². The molecule has 1 fully saturated rings. The zero-order valence-corrected chi connectivity index (χ0v) is 19.6. The summed E-state index contributed by atoms with van der Waals surface area (Å²) >= 11 is 1.39. The average molecular weight is 514 g/mol. The molecular weight excluding hydrogens is 492 g/mol. The molecule has 0 saturated carbocycles. The molecule has 12 heteroatoms. The smallest absolute Gasteiger partial charge is 0.335 e. The Balaban J connectivity index is 0.000000477. The molecule has 0 amide bonds. The number of halogens is 2. The number of hydrogen-bond donors (Lipinski definition) is 3. The number of nitrogen functional groups attached to an aromatic ring is 1. The van der Waals surface area contributed by atoms with E-state index in [9.17, 15) is 18.7 Å². The van der Waals surface area contributed by atoms with Crippen LogP contribution in [-0.2, 0) is 11.2 Å². The second kappa shape index (κ2) is 9.64. The molecule has 36 heavy (non-hydrogen) atoms. The van der Waals surface area contributed by atoms with E-state index in [1.54, 1.807) is 6.07 Å². The number of fused-ring (bicyclic) bond motifs is 3. The summed E-state index contributed by atoms with van der Waals surface area (Å²) in [4.78, 5) is 17.1. The molecule has 2 aromatic carbocycles. The number of nitrogens with two attached hydrogens (primary N) is 2. The number of hydrogen-bond acceptors (Lipinski definition) is 8. The van der Waals surface area contributed by atoms with Crippen LogP contribution < -0.4 is 16.2 Å². The topological polar surface area (TPSA) is 139 Å². The minimum atomic E-state index is -1.03. The summed E-state index contributed by atoms with van der Waals surface area (Å²) in [5.41, 5.74) is 13.0. The number of anilines is 1. The third kappa shape index (κ3) is 4.65. The number of nitrogens with zero attached hydrogens (tertiary/aromatic N) is 3. The van der Waals surface area contributed by atoms with Crippen molar-refractivity contribution in [2.45, 2.75) is 12.5 Å². The van der Waals surface area contributed by atoms with Gasteiger partial charge < -0.3 is 26.0 Å². The third-order valence-corrected chi connectivity index (χ3v) is 6.76. The van der Waals surface area contributed by atoms with Crippen molar-refractivity contribution in [1.29, 1.82) is 0 Å². The standard InChI is InChI=1S/C21H14F2N4O3S.C3H7NO/c22-12-2-4-15(14(23)9-12)27-19(25-21(24)26-27)17-8-10-5-6-30-16-7-11(20(28)29)1-3-13(16)18(10)31-17;4-3-1-5-2-3/h1-4,7-9H,5-6H2,(H2,24,26)(H,28,29);3H,1-2,4H2.